The molecule has 1 aromatic carbocycles. The predicted molar refractivity (Wildman–Crippen MR) is 76.8 cm³/mol. The van der Waals surface area contributed by atoms with E-state index >= 15 is 0 Å². The monoisotopic (exact) mass is 279 g/mol. The quantitative estimate of drug-likeness (QED) is 0.681. The third kappa shape index (κ3) is 6.89. The number of aryl methyl sites for hydroxylation is 1. The van der Waals surface area contributed by atoms with Gasteiger partial charge in [-0.1, -0.05) is 25.5 Å². The van der Waals surface area contributed by atoms with Gasteiger partial charge in [0.1, 0.15) is 6.61 Å². The number of anilines is 1. The van der Waals surface area contributed by atoms with Crippen LogP contribution in [0.5, 0.6) is 0 Å². The molecule has 0 atom stereocenters. The molecule has 2 N–H and O–H groups in total. The molecule has 0 saturated heterocycles. The first kappa shape index (κ1) is 16.2. The summed E-state index contributed by atoms with van der Waals surface area (Å²) in [5.74, 6) is -0.994. The number of carboxylic acid groups (broad SMARTS) is 1. The molecule has 110 valence electrons. The second-order valence-corrected chi connectivity index (χ2v) is 4.54. The van der Waals surface area contributed by atoms with E-state index in [0.717, 1.165) is 18.4 Å². The van der Waals surface area contributed by atoms with Crippen LogP contribution in [0.1, 0.15) is 31.7 Å². The van der Waals surface area contributed by atoms with Crippen LogP contribution in [-0.2, 0) is 20.7 Å². The molecule has 1 amide bonds. The van der Waals surface area contributed by atoms with Gasteiger partial charge >= 0.3 is 5.97 Å². The summed E-state index contributed by atoms with van der Waals surface area (Å²) in [6, 6.07) is 7.16. The van der Waals surface area contributed by atoms with Crippen molar-refractivity contribution in [2.24, 2.45) is 0 Å². The van der Waals surface area contributed by atoms with Crippen LogP contribution in [0.4, 0.5) is 5.69 Å². The van der Waals surface area contributed by atoms with E-state index in [1.165, 1.54) is 0 Å². The fourth-order valence-corrected chi connectivity index (χ4v) is 1.61. The molecule has 0 radical (unpaired) electrons. The first-order valence-electron chi connectivity index (χ1n) is 6.80. The van der Waals surface area contributed by atoms with Crippen LogP contribution in [-0.4, -0.2) is 30.2 Å². The highest BCUT2D eigenvalue weighted by molar-refractivity contribution is 5.91. The second-order valence-electron chi connectivity index (χ2n) is 4.54. The molecule has 1 aromatic rings. The molecule has 0 fully saturated rings. The van der Waals surface area contributed by atoms with Gasteiger partial charge in [0.15, 0.2) is 0 Å². The third-order valence-corrected chi connectivity index (χ3v) is 2.74. The van der Waals surface area contributed by atoms with Crippen LogP contribution >= 0.6 is 0 Å². The van der Waals surface area contributed by atoms with Gasteiger partial charge in [-0.15, -0.1) is 0 Å². The maximum absolute atomic E-state index is 11.6. The molecule has 0 aliphatic heterocycles. The zero-order valence-corrected chi connectivity index (χ0v) is 11.7. The number of carbonyl (C=O) groups is 2. The van der Waals surface area contributed by atoms with Gasteiger partial charge in [-0.2, -0.15) is 0 Å². The average Bonchev–Trinajstić information content (AvgIpc) is 2.43. The highest BCUT2D eigenvalue weighted by atomic mass is 16.5. The number of nitrogens with one attached hydrogen (secondary N) is 1. The van der Waals surface area contributed by atoms with Crippen LogP contribution in [0.3, 0.4) is 0 Å². The maximum Gasteiger partial charge on any atom is 0.303 e. The van der Waals surface area contributed by atoms with E-state index in [9.17, 15) is 9.59 Å². The lowest BCUT2D eigenvalue weighted by Gasteiger charge is -2.07. The number of benzene rings is 1. The van der Waals surface area contributed by atoms with Gasteiger partial charge in [0.2, 0.25) is 5.91 Å². The Kier molecular flexibility index (Phi) is 7.35. The van der Waals surface area contributed by atoms with E-state index in [-0.39, 0.29) is 18.9 Å². The summed E-state index contributed by atoms with van der Waals surface area (Å²) in [5.41, 5.74) is 1.62. The molecular weight excluding hydrogens is 258 g/mol. The number of hydrogen-bond acceptors (Lipinski definition) is 3. The molecule has 0 bridgehead atoms. The van der Waals surface area contributed by atoms with E-state index in [1.807, 2.05) is 12.1 Å². The standard InChI is InChI=1S/C15H21NO4/c1-2-3-10-20-11-14(17)16-13-7-4-12(5-8-13)6-9-15(18)19/h4-5,7-8H,2-3,6,9-11H2,1H3,(H,16,17)(H,18,19). The Morgan fingerprint density at radius 2 is 1.95 bits per heavy atom. The van der Waals surface area contributed by atoms with Crippen LogP contribution in [0.25, 0.3) is 0 Å². The van der Waals surface area contributed by atoms with Crippen LogP contribution in [0.15, 0.2) is 24.3 Å². The Hall–Kier alpha value is -1.88. The summed E-state index contributed by atoms with van der Waals surface area (Å²) < 4.78 is 5.22. The third-order valence-electron chi connectivity index (χ3n) is 2.74. The Balaban J connectivity index is 2.33. The number of carbonyl (C=O) groups excluding carboxylic acids is 1. The van der Waals surface area contributed by atoms with Crippen molar-refractivity contribution in [1.82, 2.24) is 0 Å². The minimum Gasteiger partial charge on any atom is -0.481 e. The van der Waals surface area contributed by atoms with Gasteiger partial charge < -0.3 is 15.2 Å². The fourth-order valence-electron chi connectivity index (χ4n) is 1.61. The lowest BCUT2D eigenvalue weighted by molar-refractivity contribution is -0.137. The van der Waals surface area contributed by atoms with Gasteiger partial charge in [-0.3, -0.25) is 9.59 Å². The smallest absolute Gasteiger partial charge is 0.303 e. The molecule has 5 nitrogen and oxygen atoms in total. The van der Waals surface area contributed by atoms with Gasteiger partial charge in [0.25, 0.3) is 0 Å². The van der Waals surface area contributed by atoms with Crippen molar-refractivity contribution >= 4 is 17.6 Å². The van der Waals surface area contributed by atoms with E-state index in [0.29, 0.717) is 18.7 Å². The lowest BCUT2D eigenvalue weighted by Crippen LogP contribution is -2.18. The molecule has 0 unspecified atom stereocenters. The topological polar surface area (TPSA) is 75.6 Å². The van der Waals surface area contributed by atoms with Gasteiger partial charge in [-0.05, 0) is 30.5 Å². The summed E-state index contributed by atoms with van der Waals surface area (Å²) in [6.07, 6.45) is 2.59. The van der Waals surface area contributed by atoms with Crippen LogP contribution in [0.2, 0.25) is 0 Å². The number of unbranched alkanes of at least 4 members (excludes halogenated alkanes) is 1. The highest BCUT2D eigenvalue weighted by Crippen LogP contribution is 2.11. The number of ether oxygens (including phenoxy) is 1. The van der Waals surface area contributed by atoms with Crippen LogP contribution < -0.4 is 5.32 Å². The number of rotatable bonds is 9. The minimum absolute atomic E-state index is 0.0563. The van der Waals surface area contributed by atoms with Crippen molar-refractivity contribution in [3.05, 3.63) is 29.8 Å². The predicted octanol–water partition coefficient (Wildman–Crippen LogP) is 2.46. The molecular formula is C15H21NO4. The van der Waals surface area contributed by atoms with E-state index < -0.39 is 5.97 Å². The molecule has 0 saturated carbocycles. The zero-order valence-electron chi connectivity index (χ0n) is 11.7. The summed E-state index contributed by atoms with van der Waals surface area (Å²) in [7, 11) is 0. The summed E-state index contributed by atoms with van der Waals surface area (Å²) in [4.78, 5) is 22.0. The van der Waals surface area contributed by atoms with Gasteiger partial charge in [0.05, 0.1) is 0 Å². The zero-order chi connectivity index (χ0) is 14.8. The van der Waals surface area contributed by atoms with Crippen molar-refractivity contribution < 1.29 is 19.4 Å². The van der Waals surface area contributed by atoms with Crippen molar-refractivity contribution in [3.8, 4) is 0 Å². The number of amides is 1. The summed E-state index contributed by atoms with van der Waals surface area (Å²) in [6.45, 7) is 2.72. The summed E-state index contributed by atoms with van der Waals surface area (Å²) >= 11 is 0. The molecule has 1 rings (SSSR count). The average molecular weight is 279 g/mol. The number of carboxylic acids is 1. The SMILES string of the molecule is CCCCOCC(=O)Nc1ccc(CCC(=O)O)cc1. The van der Waals surface area contributed by atoms with Crippen molar-refractivity contribution in [3.63, 3.8) is 0 Å². The Labute approximate surface area is 118 Å². The molecule has 0 aromatic heterocycles. The molecule has 20 heavy (non-hydrogen) atoms. The normalized spacial score (nSPS) is 10.2. The molecule has 0 aliphatic rings. The molecule has 0 spiro atoms. The van der Waals surface area contributed by atoms with E-state index in [2.05, 4.69) is 12.2 Å². The van der Waals surface area contributed by atoms with Gasteiger partial charge in [-0.25, -0.2) is 0 Å². The van der Waals surface area contributed by atoms with E-state index in [4.69, 9.17) is 9.84 Å². The van der Waals surface area contributed by atoms with Gasteiger partial charge in [0, 0.05) is 18.7 Å². The van der Waals surface area contributed by atoms with Crippen LogP contribution in [0, 0.1) is 0 Å². The largest absolute Gasteiger partial charge is 0.481 e. The fraction of sp³-hybridized carbons (Fsp3) is 0.467. The Morgan fingerprint density at radius 1 is 1.25 bits per heavy atom. The minimum atomic E-state index is -0.813. The number of hydrogen-bond donors (Lipinski definition) is 2. The van der Waals surface area contributed by atoms with Crippen molar-refractivity contribution in [2.75, 3.05) is 18.5 Å². The molecule has 0 aliphatic carbocycles. The van der Waals surface area contributed by atoms with E-state index in [1.54, 1.807) is 12.1 Å². The summed E-state index contributed by atoms with van der Waals surface area (Å²) in [5, 5.41) is 11.3. The Morgan fingerprint density at radius 3 is 2.55 bits per heavy atom. The Bertz CT molecular complexity index is 428. The first-order valence-corrected chi connectivity index (χ1v) is 6.80. The molecule has 5 heteroatoms. The molecule has 0 heterocycles. The highest BCUT2D eigenvalue weighted by Gasteiger charge is 2.03. The number of aliphatic carboxylic acids is 1. The first-order chi connectivity index (χ1) is 9.61. The van der Waals surface area contributed by atoms with Crippen molar-refractivity contribution in [2.45, 2.75) is 32.6 Å². The maximum atomic E-state index is 11.6. The van der Waals surface area contributed by atoms with Crippen molar-refractivity contribution in [1.29, 1.82) is 0 Å². The second kappa shape index (κ2) is 9.09. The lowest BCUT2D eigenvalue weighted by atomic mass is 10.1.